The maximum atomic E-state index is 12.6. The van der Waals surface area contributed by atoms with Gasteiger partial charge in [0.05, 0.1) is 5.69 Å². The Morgan fingerprint density at radius 1 is 1.03 bits per heavy atom. The first kappa shape index (κ1) is 18.9. The van der Waals surface area contributed by atoms with Gasteiger partial charge in [0.15, 0.2) is 11.7 Å². The fourth-order valence-electron chi connectivity index (χ4n) is 3.56. The lowest BCUT2D eigenvalue weighted by molar-refractivity contribution is -0.127. The van der Waals surface area contributed by atoms with Gasteiger partial charge < -0.3 is 14.5 Å². The maximum Gasteiger partial charge on any atom is 0.268 e. The molecule has 1 N–H and O–H groups in total. The molecule has 0 radical (unpaired) electrons. The van der Waals surface area contributed by atoms with Crippen molar-refractivity contribution in [2.75, 3.05) is 16.8 Å². The van der Waals surface area contributed by atoms with Gasteiger partial charge in [0.25, 0.3) is 5.91 Å². The van der Waals surface area contributed by atoms with Crippen LogP contribution in [-0.4, -0.2) is 29.4 Å². The van der Waals surface area contributed by atoms with Crippen molar-refractivity contribution >= 4 is 34.3 Å². The number of rotatable bonds is 4. The SMILES string of the molecule is CC1Oc2ccccc2N(CC(=O)Nc2ccc(-c3nc4ccccc4o3)cc2)C1=O. The lowest BCUT2D eigenvalue weighted by Crippen LogP contribution is -2.47. The first-order valence-corrected chi connectivity index (χ1v) is 9.91. The predicted molar refractivity (Wildman–Crippen MR) is 117 cm³/mol. The first-order chi connectivity index (χ1) is 15.1. The molecule has 4 aromatic rings. The second kappa shape index (κ2) is 7.60. The first-order valence-electron chi connectivity index (χ1n) is 9.91. The summed E-state index contributed by atoms with van der Waals surface area (Å²) in [4.78, 5) is 31.1. The Balaban J connectivity index is 1.30. The smallest absolute Gasteiger partial charge is 0.268 e. The minimum absolute atomic E-state index is 0.101. The van der Waals surface area contributed by atoms with Crippen LogP contribution in [0.3, 0.4) is 0 Å². The number of ether oxygens (including phenoxy) is 1. The summed E-state index contributed by atoms with van der Waals surface area (Å²) < 4.78 is 11.4. The molecule has 1 atom stereocenters. The molecule has 0 fully saturated rings. The number of aromatic nitrogens is 1. The fraction of sp³-hybridized carbons (Fsp3) is 0.125. The Kier molecular flexibility index (Phi) is 4.63. The normalized spacial score (nSPS) is 15.5. The number of para-hydroxylation sites is 4. The molecule has 1 aromatic heterocycles. The van der Waals surface area contributed by atoms with E-state index in [-0.39, 0.29) is 18.4 Å². The van der Waals surface area contributed by atoms with Crippen molar-refractivity contribution in [2.24, 2.45) is 0 Å². The largest absolute Gasteiger partial charge is 0.479 e. The van der Waals surface area contributed by atoms with Gasteiger partial charge in [-0.2, -0.15) is 0 Å². The summed E-state index contributed by atoms with van der Waals surface area (Å²) in [6.45, 7) is 1.57. The average molecular weight is 413 g/mol. The van der Waals surface area contributed by atoms with E-state index in [1.807, 2.05) is 42.5 Å². The van der Waals surface area contributed by atoms with Crippen molar-refractivity contribution in [1.29, 1.82) is 0 Å². The number of anilines is 2. The van der Waals surface area contributed by atoms with E-state index in [0.717, 1.165) is 16.7 Å². The summed E-state index contributed by atoms with van der Waals surface area (Å²) in [5, 5.41) is 2.84. The number of hydrogen-bond donors (Lipinski definition) is 1. The fourth-order valence-corrected chi connectivity index (χ4v) is 3.56. The summed E-state index contributed by atoms with van der Waals surface area (Å²) in [5.74, 6) is 0.556. The van der Waals surface area contributed by atoms with Crippen LogP contribution in [0.15, 0.2) is 77.2 Å². The minimum atomic E-state index is -0.640. The van der Waals surface area contributed by atoms with Gasteiger partial charge in [-0.1, -0.05) is 24.3 Å². The van der Waals surface area contributed by atoms with E-state index in [9.17, 15) is 9.59 Å². The summed E-state index contributed by atoms with van der Waals surface area (Å²) in [6.07, 6.45) is -0.640. The summed E-state index contributed by atoms with van der Waals surface area (Å²) in [6, 6.07) is 22.0. The molecule has 0 aliphatic carbocycles. The third-order valence-corrected chi connectivity index (χ3v) is 5.08. The van der Waals surface area contributed by atoms with E-state index < -0.39 is 6.10 Å². The average Bonchev–Trinajstić information content (AvgIpc) is 3.22. The molecule has 3 aromatic carbocycles. The van der Waals surface area contributed by atoms with Crippen molar-refractivity contribution < 1.29 is 18.7 Å². The third-order valence-electron chi connectivity index (χ3n) is 5.08. The van der Waals surface area contributed by atoms with Crippen LogP contribution < -0.4 is 15.0 Å². The van der Waals surface area contributed by atoms with Gasteiger partial charge >= 0.3 is 0 Å². The molecule has 1 aliphatic heterocycles. The van der Waals surface area contributed by atoms with Crippen LogP contribution in [-0.2, 0) is 9.59 Å². The monoisotopic (exact) mass is 413 g/mol. The van der Waals surface area contributed by atoms with Crippen LogP contribution in [0.2, 0.25) is 0 Å². The van der Waals surface area contributed by atoms with Crippen LogP contribution >= 0.6 is 0 Å². The zero-order valence-corrected chi connectivity index (χ0v) is 16.7. The van der Waals surface area contributed by atoms with Gasteiger partial charge in [0.2, 0.25) is 11.8 Å². The number of benzene rings is 3. The highest BCUT2D eigenvalue weighted by atomic mass is 16.5. The number of nitrogens with zero attached hydrogens (tertiary/aromatic N) is 2. The molecule has 1 aliphatic rings. The Bertz CT molecular complexity index is 1250. The Morgan fingerprint density at radius 3 is 2.58 bits per heavy atom. The molecule has 0 saturated heterocycles. The van der Waals surface area contributed by atoms with E-state index in [4.69, 9.17) is 9.15 Å². The number of oxazole rings is 1. The van der Waals surface area contributed by atoms with Crippen molar-refractivity contribution in [2.45, 2.75) is 13.0 Å². The summed E-state index contributed by atoms with van der Waals surface area (Å²) >= 11 is 0. The number of nitrogens with one attached hydrogen (secondary N) is 1. The van der Waals surface area contributed by atoms with Gasteiger partial charge in [0, 0.05) is 11.3 Å². The number of amides is 2. The number of hydrogen-bond acceptors (Lipinski definition) is 5. The van der Waals surface area contributed by atoms with Crippen LogP contribution in [0.5, 0.6) is 5.75 Å². The zero-order valence-electron chi connectivity index (χ0n) is 16.7. The second-order valence-electron chi connectivity index (χ2n) is 7.26. The van der Waals surface area contributed by atoms with Crippen molar-refractivity contribution in [3.8, 4) is 17.2 Å². The number of carbonyl (C=O) groups excluding carboxylic acids is 2. The molecule has 0 bridgehead atoms. The Morgan fingerprint density at radius 2 is 1.77 bits per heavy atom. The molecule has 0 saturated carbocycles. The quantitative estimate of drug-likeness (QED) is 0.541. The zero-order chi connectivity index (χ0) is 21.4. The van der Waals surface area contributed by atoms with Gasteiger partial charge in [-0.15, -0.1) is 0 Å². The highest BCUT2D eigenvalue weighted by molar-refractivity contribution is 6.06. The lowest BCUT2D eigenvalue weighted by Gasteiger charge is -2.32. The molecule has 1 unspecified atom stereocenters. The molecule has 2 heterocycles. The summed E-state index contributed by atoms with van der Waals surface area (Å²) in [7, 11) is 0. The molecular formula is C24H19N3O4. The van der Waals surface area contributed by atoms with E-state index in [0.29, 0.717) is 23.0 Å². The van der Waals surface area contributed by atoms with E-state index >= 15 is 0 Å². The molecule has 7 nitrogen and oxygen atoms in total. The molecule has 31 heavy (non-hydrogen) atoms. The highest BCUT2D eigenvalue weighted by Gasteiger charge is 2.32. The van der Waals surface area contributed by atoms with Gasteiger partial charge in [-0.3, -0.25) is 14.5 Å². The van der Waals surface area contributed by atoms with Crippen molar-refractivity contribution in [3.63, 3.8) is 0 Å². The number of fused-ring (bicyclic) bond motifs is 2. The van der Waals surface area contributed by atoms with Crippen LogP contribution in [0.1, 0.15) is 6.92 Å². The maximum absolute atomic E-state index is 12.6. The molecule has 2 amide bonds. The topological polar surface area (TPSA) is 84.7 Å². The van der Waals surface area contributed by atoms with Crippen LogP contribution in [0.25, 0.3) is 22.6 Å². The standard InChI is InChI=1S/C24H19N3O4/c1-15-24(29)27(19-7-3-5-9-21(19)30-15)14-22(28)25-17-12-10-16(11-13-17)23-26-18-6-2-4-8-20(18)31-23/h2-13,15H,14H2,1H3,(H,25,28). The predicted octanol–water partition coefficient (Wildman–Crippen LogP) is 4.25. The van der Waals surface area contributed by atoms with E-state index in [2.05, 4.69) is 10.3 Å². The molecular weight excluding hydrogens is 394 g/mol. The second-order valence-corrected chi connectivity index (χ2v) is 7.26. The molecule has 0 spiro atoms. The Labute approximate surface area is 178 Å². The van der Waals surface area contributed by atoms with E-state index in [1.165, 1.54) is 4.90 Å². The van der Waals surface area contributed by atoms with Crippen molar-refractivity contribution in [3.05, 3.63) is 72.8 Å². The Hall–Kier alpha value is -4.13. The summed E-state index contributed by atoms with van der Waals surface area (Å²) in [5.41, 5.74) is 3.53. The number of carbonyl (C=O) groups is 2. The highest BCUT2D eigenvalue weighted by Crippen LogP contribution is 2.33. The van der Waals surface area contributed by atoms with E-state index in [1.54, 1.807) is 37.3 Å². The van der Waals surface area contributed by atoms with Gasteiger partial charge in [-0.25, -0.2) is 4.98 Å². The molecule has 5 rings (SSSR count). The van der Waals surface area contributed by atoms with Gasteiger partial charge in [0.1, 0.15) is 17.8 Å². The van der Waals surface area contributed by atoms with Crippen molar-refractivity contribution in [1.82, 2.24) is 4.98 Å². The lowest BCUT2D eigenvalue weighted by atomic mass is 10.2. The minimum Gasteiger partial charge on any atom is -0.479 e. The van der Waals surface area contributed by atoms with Crippen LogP contribution in [0, 0.1) is 0 Å². The van der Waals surface area contributed by atoms with Crippen LogP contribution in [0.4, 0.5) is 11.4 Å². The van der Waals surface area contributed by atoms with Gasteiger partial charge in [-0.05, 0) is 55.5 Å². The molecule has 154 valence electrons. The molecule has 7 heteroatoms. The third kappa shape index (κ3) is 3.61.